The van der Waals surface area contributed by atoms with Gasteiger partial charge < -0.3 is 4.74 Å². The monoisotopic (exact) mass is 341 g/mol. The van der Waals surface area contributed by atoms with Crippen LogP contribution in [0.15, 0.2) is 47.4 Å². The van der Waals surface area contributed by atoms with Crippen molar-refractivity contribution in [2.75, 3.05) is 11.3 Å². The number of nitrogens with one attached hydrogen (secondary N) is 1. The number of esters is 1. The van der Waals surface area contributed by atoms with Gasteiger partial charge >= 0.3 is 5.97 Å². The van der Waals surface area contributed by atoms with Crippen molar-refractivity contribution in [2.24, 2.45) is 0 Å². The normalized spacial score (nSPS) is 11.1. The highest BCUT2D eigenvalue weighted by Gasteiger charge is 2.17. The zero-order valence-electron chi connectivity index (χ0n) is 12.0. The van der Waals surface area contributed by atoms with Gasteiger partial charge in [0.05, 0.1) is 17.1 Å². The second-order valence-corrected chi connectivity index (χ2v) is 6.19. The molecule has 1 N–H and O–H groups in total. The van der Waals surface area contributed by atoms with E-state index in [0.717, 1.165) is 0 Å². The molecular weight excluding hydrogens is 328 g/mol. The van der Waals surface area contributed by atoms with E-state index in [-0.39, 0.29) is 17.9 Å². The molecule has 2 aromatic rings. The molecule has 0 radical (unpaired) electrons. The average Bonchev–Trinajstić information content (AvgIpc) is 2.47. The highest BCUT2D eigenvalue weighted by atomic mass is 32.2. The third-order valence-corrected chi connectivity index (χ3v) is 4.16. The van der Waals surface area contributed by atoms with Crippen molar-refractivity contribution >= 4 is 21.7 Å². The number of carbonyl (C=O) groups excluding carboxylic acids is 1. The van der Waals surface area contributed by atoms with Gasteiger partial charge in [-0.2, -0.15) is 0 Å². The summed E-state index contributed by atoms with van der Waals surface area (Å²) >= 11 is 0. The van der Waals surface area contributed by atoms with E-state index in [2.05, 4.69) is 4.72 Å². The van der Waals surface area contributed by atoms with Crippen molar-refractivity contribution in [1.29, 1.82) is 0 Å². The van der Waals surface area contributed by atoms with Gasteiger partial charge in [0.15, 0.2) is 0 Å². The van der Waals surface area contributed by atoms with Crippen LogP contribution in [0.4, 0.5) is 14.5 Å². The molecule has 0 bridgehead atoms. The topological polar surface area (TPSA) is 72.5 Å². The summed E-state index contributed by atoms with van der Waals surface area (Å²) < 4.78 is 57.4. The molecule has 0 unspecified atom stereocenters. The molecule has 0 amide bonds. The zero-order valence-corrected chi connectivity index (χ0v) is 12.9. The van der Waals surface area contributed by atoms with Crippen molar-refractivity contribution in [3.8, 4) is 0 Å². The fraction of sp³-hybridized carbons (Fsp3) is 0.133. The number of halogens is 2. The smallest absolute Gasteiger partial charge is 0.338 e. The molecule has 0 atom stereocenters. The highest BCUT2D eigenvalue weighted by Crippen LogP contribution is 2.19. The number of carbonyl (C=O) groups is 1. The van der Waals surface area contributed by atoms with E-state index in [0.29, 0.717) is 18.2 Å². The molecule has 0 aliphatic carbocycles. The second-order valence-electron chi connectivity index (χ2n) is 4.51. The lowest BCUT2D eigenvalue weighted by Gasteiger charge is -2.09. The maximum absolute atomic E-state index is 13.1. The molecule has 8 heteroatoms. The molecule has 2 aromatic carbocycles. The summed E-state index contributed by atoms with van der Waals surface area (Å²) in [6.45, 7) is 1.89. The Bertz CT molecular complexity index is 800. The Hall–Kier alpha value is -2.48. The first-order chi connectivity index (χ1) is 10.8. The fourth-order valence-corrected chi connectivity index (χ4v) is 2.89. The zero-order chi connectivity index (χ0) is 17.0. The largest absolute Gasteiger partial charge is 0.462 e. The van der Waals surface area contributed by atoms with Crippen LogP contribution in [0.1, 0.15) is 17.3 Å². The van der Waals surface area contributed by atoms with Crippen LogP contribution in [0.2, 0.25) is 0 Å². The number of hydrogen-bond donors (Lipinski definition) is 1. The van der Waals surface area contributed by atoms with E-state index in [1.165, 1.54) is 24.3 Å². The van der Waals surface area contributed by atoms with Crippen LogP contribution in [-0.2, 0) is 14.8 Å². The van der Waals surface area contributed by atoms with E-state index >= 15 is 0 Å². The third kappa shape index (κ3) is 4.26. The van der Waals surface area contributed by atoms with Crippen LogP contribution in [0, 0.1) is 11.6 Å². The summed E-state index contributed by atoms with van der Waals surface area (Å²) in [5.41, 5.74) is 0.398. The molecule has 0 saturated heterocycles. The number of sulfonamides is 1. The van der Waals surface area contributed by atoms with Crippen LogP contribution in [0.5, 0.6) is 0 Å². The number of ether oxygens (including phenoxy) is 1. The van der Waals surface area contributed by atoms with E-state index < -0.39 is 32.5 Å². The minimum absolute atomic E-state index is 0.141. The molecule has 0 fully saturated rings. The number of benzene rings is 2. The van der Waals surface area contributed by atoms with Gasteiger partial charge in [0.25, 0.3) is 10.0 Å². The lowest BCUT2D eigenvalue weighted by atomic mass is 10.2. The van der Waals surface area contributed by atoms with Crippen LogP contribution in [0.25, 0.3) is 0 Å². The average molecular weight is 341 g/mol. The van der Waals surface area contributed by atoms with E-state index in [1.807, 2.05) is 0 Å². The van der Waals surface area contributed by atoms with Gasteiger partial charge in [0, 0.05) is 11.8 Å². The first-order valence-corrected chi connectivity index (χ1v) is 8.06. The molecule has 0 aliphatic rings. The Morgan fingerprint density at radius 1 is 1.09 bits per heavy atom. The minimum atomic E-state index is -4.15. The number of rotatable bonds is 5. The van der Waals surface area contributed by atoms with Crippen LogP contribution < -0.4 is 4.72 Å². The van der Waals surface area contributed by atoms with Crippen molar-refractivity contribution in [3.05, 3.63) is 59.7 Å². The predicted molar refractivity (Wildman–Crippen MR) is 79.6 cm³/mol. The van der Waals surface area contributed by atoms with Gasteiger partial charge in [0.1, 0.15) is 11.6 Å². The van der Waals surface area contributed by atoms with Crippen molar-refractivity contribution in [3.63, 3.8) is 0 Å². The quantitative estimate of drug-likeness (QED) is 0.849. The van der Waals surface area contributed by atoms with Crippen molar-refractivity contribution in [1.82, 2.24) is 0 Å². The van der Waals surface area contributed by atoms with E-state index in [9.17, 15) is 22.0 Å². The van der Waals surface area contributed by atoms with Gasteiger partial charge in [-0.15, -0.1) is 0 Å². The maximum Gasteiger partial charge on any atom is 0.338 e. The maximum atomic E-state index is 13.1. The number of anilines is 1. The summed E-state index contributed by atoms with van der Waals surface area (Å²) in [5, 5.41) is 0. The minimum Gasteiger partial charge on any atom is -0.462 e. The summed E-state index contributed by atoms with van der Waals surface area (Å²) in [5.74, 6) is -2.53. The SMILES string of the molecule is CCOC(=O)c1ccc(NS(=O)(=O)c2cc(F)cc(F)c2)cc1. The Kier molecular flexibility index (Phi) is 4.95. The molecule has 2 rings (SSSR count). The molecule has 0 heterocycles. The Labute approximate surface area is 132 Å². The number of hydrogen-bond acceptors (Lipinski definition) is 4. The molecule has 23 heavy (non-hydrogen) atoms. The van der Waals surface area contributed by atoms with Crippen molar-refractivity contribution < 1.29 is 26.7 Å². The van der Waals surface area contributed by atoms with Crippen molar-refractivity contribution in [2.45, 2.75) is 11.8 Å². The molecular formula is C15H13F2NO4S. The van der Waals surface area contributed by atoms with Crippen LogP contribution in [0.3, 0.4) is 0 Å². The van der Waals surface area contributed by atoms with E-state index in [4.69, 9.17) is 4.74 Å². The molecule has 0 aliphatic heterocycles. The Morgan fingerprint density at radius 2 is 1.65 bits per heavy atom. The van der Waals surface area contributed by atoms with Gasteiger partial charge in [-0.1, -0.05) is 0 Å². The summed E-state index contributed by atoms with van der Waals surface area (Å²) in [6.07, 6.45) is 0. The Balaban J connectivity index is 2.22. The molecule has 0 spiro atoms. The van der Waals surface area contributed by atoms with Gasteiger partial charge in [0.2, 0.25) is 0 Å². The lowest BCUT2D eigenvalue weighted by molar-refractivity contribution is 0.0526. The second kappa shape index (κ2) is 6.74. The lowest BCUT2D eigenvalue weighted by Crippen LogP contribution is -2.14. The Morgan fingerprint density at radius 3 is 2.17 bits per heavy atom. The summed E-state index contributed by atoms with van der Waals surface area (Å²) in [4.78, 5) is 11.0. The predicted octanol–water partition coefficient (Wildman–Crippen LogP) is 2.94. The van der Waals surface area contributed by atoms with Crippen LogP contribution >= 0.6 is 0 Å². The highest BCUT2D eigenvalue weighted by molar-refractivity contribution is 7.92. The van der Waals surface area contributed by atoms with E-state index in [1.54, 1.807) is 6.92 Å². The first kappa shape index (κ1) is 16.9. The fourth-order valence-electron chi connectivity index (χ4n) is 1.79. The summed E-state index contributed by atoms with van der Waals surface area (Å²) in [7, 11) is -4.15. The van der Waals surface area contributed by atoms with Gasteiger partial charge in [-0.25, -0.2) is 22.0 Å². The molecule has 122 valence electrons. The van der Waals surface area contributed by atoms with Gasteiger partial charge in [-0.05, 0) is 43.3 Å². The molecule has 0 saturated carbocycles. The third-order valence-electron chi connectivity index (χ3n) is 2.79. The van der Waals surface area contributed by atoms with Crippen LogP contribution in [-0.4, -0.2) is 21.0 Å². The standard InChI is InChI=1S/C15H13F2NO4S/c1-2-22-15(19)10-3-5-13(6-4-10)18-23(20,21)14-8-11(16)7-12(17)9-14/h3-9,18H,2H2,1H3. The first-order valence-electron chi connectivity index (χ1n) is 6.58. The molecule has 0 aromatic heterocycles. The molecule has 5 nitrogen and oxygen atoms in total. The van der Waals surface area contributed by atoms with Gasteiger partial charge in [-0.3, -0.25) is 4.72 Å². The summed E-state index contributed by atoms with van der Waals surface area (Å²) in [6, 6.07) is 7.44.